The Morgan fingerprint density at radius 3 is 2.56 bits per heavy atom. The van der Waals surface area contributed by atoms with Crippen molar-refractivity contribution in [2.75, 3.05) is 20.2 Å². The molecule has 0 spiro atoms. The fourth-order valence-corrected chi connectivity index (χ4v) is 1.85. The molecule has 1 aromatic carbocycles. The molecule has 0 aromatic heterocycles. The molecular formula is C15H23NO2. The van der Waals surface area contributed by atoms with Crippen LogP contribution in [-0.2, 0) is 14.9 Å². The zero-order chi connectivity index (χ0) is 13.4. The number of hydrogen-bond donors (Lipinski definition) is 1. The molecule has 0 saturated heterocycles. The average Bonchev–Trinajstić information content (AvgIpc) is 2.39. The number of rotatable bonds is 7. The average molecular weight is 249 g/mol. The van der Waals surface area contributed by atoms with Crippen LogP contribution in [0.1, 0.15) is 32.3 Å². The largest absolute Gasteiger partial charge is 0.469 e. The van der Waals surface area contributed by atoms with E-state index >= 15 is 0 Å². The van der Waals surface area contributed by atoms with Crippen LogP contribution >= 0.6 is 0 Å². The van der Waals surface area contributed by atoms with Gasteiger partial charge in [-0.1, -0.05) is 44.2 Å². The fraction of sp³-hybridized carbons (Fsp3) is 0.533. The Hall–Kier alpha value is -1.35. The highest BCUT2D eigenvalue weighted by Crippen LogP contribution is 2.21. The van der Waals surface area contributed by atoms with Crippen molar-refractivity contribution in [1.29, 1.82) is 0 Å². The highest BCUT2D eigenvalue weighted by molar-refractivity contribution is 5.69. The first-order valence-electron chi connectivity index (χ1n) is 6.39. The van der Waals surface area contributed by atoms with E-state index in [2.05, 4.69) is 48.2 Å². The maximum absolute atomic E-state index is 10.9. The molecule has 0 aliphatic heterocycles. The van der Waals surface area contributed by atoms with Crippen LogP contribution < -0.4 is 5.32 Å². The highest BCUT2D eigenvalue weighted by Gasteiger charge is 2.19. The van der Waals surface area contributed by atoms with Gasteiger partial charge in [-0.3, -0.25) is 4.79 Å². The topological polar surface area (TPSA) is 38.3 Å². The summed E-state index contributed by atoms with van der Waals surface area (Å²) in [6.07, 6.45) is 1.30. The molecule has 1 rings (SSSR count). The molecule has 0 unspecified atom stereocenters. The van der Waals surface area contributed by atoms with Gasteiger partial charge in [-0.05, 0) is 18.5 Å². The zero-order valence-electron chi connectivity index (χ0n) is 11.5. The second-order valence-corrected chi connectivity index (χ2v) is 5.11. The quantitative estimate of drug-likeness (QED) is 0.596. The molecule has 18 heavy (non-hydrogen) atoms. The summed E-state index contributed by atoms with van der Waals surface area (Å²) < 4.78 is 4.60. The SMILES string of the molecule is COC(=O)CCCNCC(C)(C)c1ccccc1. The smallest absolute Gasteiger partial charge is 0.305 e. The van der Waals surface area contributed by atoms with Gasteiger partial charge in [-0.25, -0.2) is 0 Å². The molecule has 0 radical (unpaired) electrons. The van der Waals surface area contributed by atoms with E-state index < -0.39 is 0 Å². The molecule has 0 amide bonds. The van der Waals surface area contributed by atoms with E-state index in [1.54, 1.807) is 0 Å². The Kier molecular flexibility index (Phi) is 5.86. The summed E-state index contributed by atoms with van der Waals surface area (Å²) in [6.45, 7) is 6.18. The van der Waals surface area contributed by atoms with Gasteiger partial charge in [0.05, 0.1) is 7.11 Å². The lowest BCUT2D eigenvalue weighted by molar-refractivity contribution is -0.140. The van der Waals surface area contributed by atoms with Gasteiger partial charge in [-0.15, -0.1) is 0 Å². The first-order chi connectivity index (χ1) is 8.56. The second kappa shape index (κ2) is 7.17. The van der Waals surface area contributed by atoms with Gasteiger partial charge in [-0.2, -0.15) is 0 Å². The Morgan fingerprint density at radius 1 is 1.28 bits per heavy atom. The van der Waals surface area contributed by atoms with E-state index in [0.717, 1.165) is 19.5 Å². The molecule has 0 aliphatic carbocycles. The van der Waals surface area contributed by atoms with Gasteiger partial charge >= 0.3 is 5.97 Å². The van der Waals surface area contributed by atoms with Crippen molar-refractivity contribution < 1.29 is 9.53 Å². The van der Waals surface area contributed by atoms with Gasteiger partial charge in [0.15, 0.2) is 0 Å². The van der Waals surface area contributed by atoms with E-state index in [-0.39, 0.29) is 11.4 Å². The standard InChI is InChI=1S/C15H23NO2/c1-15(2,13-8-5-4-6-9-13)12-16-11-7-10-14(17)18-3/h4-6,8-9,16H,7,10-12H2,1-3H3. The maximum atomic E-state index is 10.9. The lowest BCUT2D eigenvalue weighted by atomic mass is 9.84. The van der Waals surface area contributed by atoms with Gasteiger partial charge in [0, 0.05) is 18.4 Å². The summed E-state index contributed by atoms with van der Waals surface area (Å²) in [5.74, 6) is -0.140. The van der Waals surface area contributed by atoms with Crippen LogP contribution in [-0.4, -0.2) is 26.2 Å². The maximum Gasteiger partial charge on any atom is 0.305 e. The van der Waals surface area contributed by atoms with E-state index in [4.69, 9.17) is 0 Å². The molecule has 0 atom stereocenters. The second-order valence-electron chi connectivity index (χ2n) is 5.11. The summed E-state index contributed by atoms with van der Waals surface area (Å²) in [6, 6.07) is 10.5. The number of carbonyl (C=O) groups excluding carboxylic acids is 1. The van der Waals surface area contributed by atoms with Crippen molar-refractivity contribution in [3.8, 4) is 0 Å². The lowest BCUT2D eigenvalue weighted by Gasteiger charge is -2.25. The van der Waals surface area contributed by atoms with Crippen molar-refractivity contribution in [2.24, 2.45) is 0 Å². The van der Waals surface area contributed by atoms with Gasteiger partial charge in [0.1, 0.15) is 0 Å². The molecule has 0 bridgehead atoms. The third kappa shape index (κ3) is 4.88. The number of methoxy groups -OCH3 is 1. The molecule has 0 aliphatic rings. The van der Waals surface area contributed by atoms with Crippen LogP contribution in [0, 0.1) is 0 Å². The Balaban J connectivity index is 2.28. The minimum absolute atomic E-state index is 0.104. The normalized spacial score (nSPS) is 11.3. The number of benzene rings is 1. The van der Waals surface area contributed by atoms with E-state index in [9.17, 15) is 4.79 Å². The molecule has 0 heterocycles. The van der Waals surface area contributed by atoms with Crippen LogP contribution in [0.15, 0.2) is 30.3 Å². The Morgan fingerprint density at radius 2 is 1.94 bits per heavy atom. The molecule has 3 nitrogen and oxygen atoms in total. The van der Waals surface area contributed by atoms with E-state index in [1.165, 1.54) is 12.7 Å². The summed E-state index contributed by atoms with van der Waals surface area (Å²) in [7, 11) is 1.42. The van der Waals surface area contributed by atoms with Gasteiger partial charge in [0.2, 0.25) is 0 Å². The number of nitrogens with one attached hydrogen (secondary N) is 1. The van der Waals surface area contributed by atoms with Crippen LogP contribution in [0.5, 0.6) is 0 Å². The molecule has 1 N–H and O–H groups in total. The first-order valence-corrected chi connectivity index (χ1v) is 6.39. The number of hydrogen-bond acceptors (Lipinski definition) is 3. The molecular weight excluding hydrogens is 226 g/mol. The Bertz CT molecular complexity index is 360. The molecule has 100 valence electrons. The molecule has 0 fully saturated rings. The van der Waals surface area contributed by atoms with Crippen LogP contribution in [0.25, 0.3) is 0 Å². The van der Waals surface area contributed by atoms with Crippen LogP contribution in [0.4, 0.5) is 0 Å². The number of carbonyl (C=O) groups is 1. The monoisotopic (exact) mass is 249 g/mol. The van der Waals surface area contributed by atoms with Crippen molar-refractivity contribution in [1.82, 2.24) is 5.32 Å². The predicted octanol–water partition coefficient (Wildman–Crippen LogP) is 2.51. The minimum Gasteiger partial charge on any atom is -0.469 e. The van der Waals surface area contributed by atoms with E-state index in [1.807, 2.05) is 6.07 Å². The first kappa shape index (κ1) is 14.7. The van der Waals surface area contributed by atoms with Crippen LogP contribution in [0.3, 0.4) is 0 Å². The molecule has 3 heteroatoms. The van der Waals surface area contributed by atoms with Gasteiger partial charge in [0.25, 0.3) is 0 Å². The fourth-order valence-electron chi connectivity index (χ4n) is 1.85. The third-order valence-electron chi connectivity index (χ3n) is 3.08. The predicted molar refractivity (Wildman–Crippen MR) is 73.6 cm³/mol. The Labute approximate surface area is 110 Å². The van der Waals surface area contributed by atoms with Crippen LogP contribution in [0.2, 0.25) is 0 Å². The van der Waals surface area contributed by atoms with Crippen molar-refractivity contribution in [3.63, 3.8) is 0 Å². The third-order valence-corrected chi connectivity index (χ3v) is 3.08. The number of esters is 1. The van der Waals surface area contributed by atoms with Crippen molar-refractivity contribution in [2.45, 2.75) is 32.1 Å². The van der Waals surface area contributed by atoms with Gasteiger partial charge < -0.3 is 10.1 Å². The summed E-state index contributed by atoms with van der Waals surface area (Å²) in [5, 5.41) is 3.40. The number of ether oxygens (including phenoxy) is 1. The molecule has 0 saturated carbocycles. The molecule has 1 aromatic rings. The minimum atomic E-state index is -0.140. The lowest BCUT2D eigenvalue weighted by Crippen LogP contribution is -2.33. The van der Waals surface area contributed by atoms with Crippen molar-refractivity contribution >= 4 is 5.97 Å². The summed E-state index contributed by atoms with van der Waals surface area (Å²) in [5.41, 5.74) is 1.43. The highest BCUT2D eigenvalue weighted by atomic mass is 16.5. The zero-order valence-corrected chi connectivity index (χ0v) is 11.5. The summed E-state index contributed by atoms with van der Waals surface area (Å²) >= 11 is 0. The summed E-state index contributed by atoms with van der Waals surface area (Å²) in [4.78, 5) is 10.9. The van der Waals surface area contributed by atoms with Crippen molar-refractivity contribution in [3.05, 3.63) is 35.9 Å². The van der Waals surface area contributed by atoms with E-state index in [0.29, 0.717) is 6.42 Å².